The number of carbonyl (C=O) groups excluding carboxylic acids is 1. The predicted octanol–water partition coefficient (Wildman–Crippen LogP) is 4.82. The number of anilines is 3. The largest absolute Gasteiger partial charge is 0.573 e. The van der Waals surface area contributed by atoms with E-state index in [1.807, 2.05) is 0 Å². The van der Waals surface area contributed by atoms with Crippen LogP contribution in [-0.2, 0) is 0 Å². The summed E-state index contributed by atoms with van der Waals surface area (Å²) in [4.78, 5) is 30.6. The number of rotatable bonds is 5. The number of aromatic nitrogens is 2. The fourth-order valence-electron chi connectivity index (χ4n) is 2.97. The Labute approximate surface area is 178 Å². The zero-order valence-corrected chi connectivity index (χ0v) is 16.2. The molecule has 0 saturated carbocycles. The molecular weight excluding hydrogens is 425 g/mol. The molecule has 0 aliphatic carbocycles. The second-order valence-corrected chi connectivity index (χ2v) is 6.67. The van der Waals surface area contributed by atoms with Crippen LogP contribution < -0.4 is 20.9 Å². The van der Waals surface area contributed by atoms with Gasteiger partial charge in [0, 0.05) is 34.6 Å². The quantitative estimate of drug-likeness (QED) is 0.414. The summed E-state index contributed by atoms with van der Waals surface area (Å²) in [5, 5.41) is 6.63. The number of carbonyl (C=O) groups is 1. The highest BCUT2D eigenvalue weighted by atomic mass is 19.4. The van der Waals surface area contributed by atoms with Crippen molar-refractivity contribution in [2.75, 3.05) is 10.6 Å². The number of pyridine rings is 2. The van der Waals surface area contributed by atoms with Gasteiger partial charge in [0.05, 0.1) is 5.69 Å². The van der Waals surface area contributed by atoms with Gasteiger partial charge in [0.25, 0.3) is 5.91 Å². The van der Waals surface area contributed by atoms with Crippen molar-refractivity contribution in [1.29, 1.82) is 0 Å². The molecule has 0 atom stereocenters. The standard InChI is InChI=1S/C22H15F3N4O3/c23-22(24,25)32-16-7-1-13(2-8-16)21(31)28-15-5-3-14(4-6-15)27-18-11-12-26-20-17(18)9-10-19(30)29-20/h1-12H,(H,28,31)(H2,26,27,29,30). The van der Waals surface area contributed by atoms with E-state index in [4.69, 9.17) is 0 Å². The van der Waals surface area contributed by atoms with Crippen molar-refractivity contribution < 1.29 is 22.7 Å². The van der Waals surface area contributed by atoms with E-state index in [9.17, 15) is 22.8 Å². The van der Waals surface area contributed by atoms with Crippen molar-refractivity contribution in [1.82, 2.24) is 9.97 Å². The van der Waals surface area contributed by atoms with E-state index >= 15 is 0 Å². The monoisotopic (exact) mass is 440 g/mol. The van der Waals surface area contributed by atoms with E-state index in [1.54, 1.807) is 42.6 Å². The molecule has 0 aliphatic heterocycles. The second-order valence-electron chi connectivity index (χ2n) is 6.67. The Morgan fingerprint density at radius 2 is 1.59 bits per heavy atom. The van der Waals surface area contributed by atoms with Gasteiger partial charge < -0.3 is 20.4 Å². The number of ether oxygens (including phenoxy) is 1. The lowest BCUT2D eigenvalue weighted by molar-refractivity contribution is -0.274. The number of nitrogens with one attached hydrogen (secondary N) is 3. The molecule has 0 unspecified atom stereocenters. The third-order valence-corrected chi connectivity index (χ3v) is 4.40. The van der Waals surface area contributed by atoms with Gasteiger partial charge in [0.15, 0.2) is 0 Å². The Morgan fingerprint density at radius 1 is 0.906 bits per heavy atom. The summed E-state index contributed by atoms with van der Waals surface area (Å²) in [5.41, 5.74) is 2.36. The Bertz CT molecular complexity index is 1320. The van der Waals surface area contributed by atoms with Gasteiger partial charge >= 0.3 is 6.36 Å². The van der Waals surface area contributed by atoms with Crippen LogP contribution in [0.15, 0.2) is 77.7 Å². The summed E-state index contributed by atoms with van der Waals surface area (Å²) >= 11 is 0. The van der Waals surface area contributed by atoms with Crippen molar-refractivity contribution in [3.05, 3.63) is 88.8 Å². The molecule has 2 aromatic carbocycles. The first-order valence-corrected chi connectivity index (χ1v) is 9.29. The van der Waals surface area contributed by atoms with E-state index in [1.165, 1.54) is 18.2 Å². The van der Waals surface area contributed by atoms with Crippen LogP contribution in [0, 0.1) is 0 Å². The number of hydrogen-bond acceptors (Lipinski definition) is 5. The smallest absolute Gasteiger partial charge is 0.406 e. The van der Waals surface area contributed by atoms with Crippen LogP contribution in [0.1, 0.15) is 10.4 Å². The molecule has 2 aromatic heterocycles. The maximum Gasteiger partial charge on any atom is 0.573 e. The summed E-state index contributed by atoms with van der Waals surface area (Å²) in [6.07, 6.45) is -3.22. The predicted molar refractivity (Wildman–Crippen MR) is 113 cm³/mol. The first-order valence-electron chi connectivity index (χ1n) is 9.29. The van der Waals surface area contributed by atoms with Crippen molar-refractivity contribution >= 4 is 34.0 Å². The van der Waals surface area contributed by atoms with Gasteiger partial charge in [0.1, 0.15) is 11.4 Å². The maximum atomic E-state index is 12.3. The third-order valence-electron chi connectivity index (χ3n) is 4.40. The van der Waals surface area contributed by atoms with Crippen LogP contribution in [0.25, 0.3) is 11.0 Å². The fourth-order valence-corrected chi connectivity index (χ4v) is 2.97. The van der Waals surface area contributed by atoms with Crippen LogP contribution in [0.4, 0.5) is 30.2 Å². The number of nitrogens with zero attached hydrogens (tertiary/aromatic N) is 1. The van der Waals surface area contributed by atoms with Gasteiger partial charge in [-0.15, -0.1) is 13.2 Å². The molecule has 4 rings (SSSR count). The molecular formula is C22H15F3N4O3. The molecule has 0 fully saturated rings. The molecule has 2 heterocycles. The zero-order valence-electron chi connectivity index (χ0n) is 16.2. The van der Waals surface area contributed by atoms with E-state index in [-0.39, 0.29) is 11.1 Å². The van der Waals surface area contributed by atoms with Gasteiger partial charge in [-0.25, -0.2) is 4.98 Å². The Balaban J connectivity index is 1.43. The molecule has 7 nitrogen and oxygen atoms in total. The number of halogens is 3. The van der Waals surface area contributed by atoms with E-state index in [0.29, 0.717) is 11.3 Å². The summed E-state index contributed by atoms with van der Waals surface area (Å²) < 4.78 is 40.5. The average Bonchev–Trinajstić information content (AvgIpc) is 2.74. The summed E-state index contributed by atoms with van der Waals surface area (Å²) in [6, 6.07) is 16.3. The second kappa shape index (κ2) is 8.42. The minimum absolute atomic E-state index is 0.180. The highest BCUT2D eigenvalue weighted by molar-refractivity contribution is 6.04. The lowest BCUT2D eigenvalue weighted by Crippen LogP contribution is -2.17. The molecule has 0 bridgehead atoms. The minimum Gasteiger partial charge on any atom is -0.406 e. The normalized spacial score (nSPS) is 11.2. The lowest BCUT2D eigenvalue weighted by atomic mass is 10.2. The first-order chi connectivity index (χ1) is 15.3. The van der Waals surface area contributed by atoms with Gasteiger partial charge in [-0.2, -0.15) is 0 Å². The lowest BCUT2D eigenvalue weighted by Gasteiger charge is -2.11. The van der Waals surface area contributed by atoms with E-state index < -0.39 is 18.0 Å². The SMILES string of the molecule is O=C(Nc1ccc(Nc2ccnc3[nH]c(=O)ccc23)cc1)c1ccc(OC(F)(F)F)cc1. The average molecular weight is 440 g/mol. The van der Waals surface area contributed by atoms with Crippen molar-refractivity contribution in [3.63, 3.8) is 0 Å². The van der Waals surface area contributed by atoms with E-state index in [0.717, 1.165) is 28.9 Å². The number of fused-ring (bicyclic) bond motifs is 1. The number of H-pyrrole nitrogens is 1. The zero-order chi connectivity index (χ0) is 22.7. The van der Waals surface area contributed by atoms with Crippen molar-refractivity contribution in [2.24, 2.45) is 0 Å². The number of hydrogen-bond donors (Lipinski definition) is 3. The fraction of sp³-hybridized carbons (Fsp3) is 0.0455. The molecule has 162 valence electrons. The molecule has 10 heteroatoms. The maximum absolute atomic E-state index is 12.3. The van der Waals surface area contributed by atoms with Gasteiger partial charge in [-0.05, 0) is 60.7 Å². The van der Waals surface area contributed by atoms with Gasteiger partial charge in [-0.1, -0.05) is 0 Å². The van der Waals surface area contributed by atoms with Crippen LogP contribution in [0.2, 0.25) is 0 Å². The van der Waals surface area contributed by atoms with Crippen molar-refractivity contribution in [2.45, 2.75) is 6.36 Å². The minimum atomic E-state index is -4.79. The third kappa shape index (κ3) is 5.04. The Kier molecular flexibility index (Phi) is 5.50. The Hall–Kier alpha value is -4.34. The summed E-state index contributed by atoms with van der Waals surface area (Å²) in [7, 11) is 0. The highest BCUT2D eigenvalue weighted by Crippen LogP contribution is 2.25. The highest BCUT2D eigenvalue weighted by Gasteiger charge is 2.31. The molecule has 0 saturated heterocycles. The number of aromatic amines is 1. The molecule has 32 heavy (non-hydrogen) atoms. The molecule has 3 N–H and O–H groups in total. The van der Waals surface area contributed by atoms with Gasteiger partial charge in [-0.3, -0.25) is 9.59 Å². The number of amides is 1. The molecule has 0 aliphatic rings. The van der Waals surface area contributed by atoms with Crippen LogP contribution >= 0.6 is 0 Å². The van der Waals surface area contributed by atoms with E-state index in [2.05, 4.69) is 25.3 Å². The Morgan fingerprint density at radius 3 is 2.28 bits per heavy atom. The molecule has 0 radical (unpaired) electrons. The topological polar surface area (TPSA) is 96.1 Å². The molecule has 1 amide bonds. The molecule has 0 spiro atoms. The van der Waals surface area contributed by atoms with Crippen LogP contribution in [-0.4, -0.2) is 22.2 Å². The summed E-state index contributed by atoms with van der Waals surface area (Å²) in [5.74, 6) is -0.884. The van der Waals surface area contributed by atoms with Gasteiger partial charge in [0.2, 0.25) is 5.56 Å². The van der Waals surface area contributed by atoms with Crippen LogP contribution in [0.5, 0.6) is 5.75 Å². The first kappa shape index (κ1) is 20.9. The van der Waals surface area contributed by atoms with Crippen molar-refractivity contribution in [3.8, 4) is 5.75 Å². The molecule has 4 aromatic rings. The number of benzene rings is 2. The van der Waals surface area contributed by atoms with Crippen LogP contribution in [0.3, 0.4) is 0 Å². The summed E-state index contributed by atoms with van der Waals surface area (Å²) in [6.45, 7) is 0. The number of alkyl halides is 3.